The minimum absolute atomic E-state index is 0.464. The second kappa shape index (κ2) is 19.9. The van der Waals surface area contributed by atoms with Crippen LogP contribution in [0.5, 0.6) is 0 Å². The van der Waals surface area contributed by atoms with Gasteiger partial charge < -0.3 is 19.7 Å². The molecule has 0 unspecified atom stereocenters. The van der Waals surface area contributed by atoms with Gasteiger partial charge in [0.05, 0.1) is 13.2 Å². The molecular weight excluding hydrogens is 361 g/mol. The molecule has 0 aliphatic heterocycles. The molecule has 2 rings (SSSR count). The van der Waals surface area contributed by atoms with E-state index in [0.29, 0.717) is 25.5 Å². The summed E-state index contributed by atoms with van der Waals surface area (Å²) in [6.45, 7) is 6.01. The number of benzene rings is 1. The van der Waals surface area contributed by atoms with Gasteiger partial charge in [-0.3, -0.25) is 4.79 Å². The smallest absolute Gasteiger partial charge is 0.328 e. The summed E-state index contributed by atoms with van der Waals surface area (Å²) in [5.41, 5.74) is 6.54. The van der Waals surface area contributed by atoms with Crippen LogP contribution in [0.4, 0.5) is 0 Å². The molecule has 1 aliphatic carbocycles. The Balaban J connectivity index is 0.000000391. The maximum atomic E-state index is 10.5. The molecule has 0 atom stereocenters. The van der Waals surface area contributed by atoms with Gasteiger partial charge in [0.15, 0.2) is 0 Å². The number of hydrogen-bond donors (Lipinski definition) is 2. The number of carbonyl (C=O) groups is 1. The quantitative estimate of drug-likeness (QED) is 0.423. The molecule has 0 bridgehead atoms. The molecule has 5 nitrogen and oxygen atoms in total. The van der Waals surface area contributed by atoms with Crippen LogP contribution in [0.25, 0.3) is 0 Å². The predicted octanol–water partition coefficient (Wildman–Crippen LogP) is 5.50. The molecule has 0 saturated heterocycles. The minimum atomic E-state index is -1.60. The van der Waals surface area contributed by atoms with E-state index in [4.69, 9.17) is 19.7 Å². The Labute approximate surface area is 166 Å². The summed E-state index contributed by atoms with van der Waals surface area (Å²) in [5, 5.41) is 0. The summed E-state index contributed by atoms with van der Waals surface area (Å²) in [7, 11) is -1.60. The van der Waals surface area contributed by atoms with Crippen molar-refractivity contribution < 1.29 is 18.7 Å². The van der Waals surface area contributed by atoms with Crippen LogP contribution in [0.1, 0.15) is 77.2 Å². The van der Waals surface area contributed by atoms with E-state index in [1.807, 2.05) is 30.3 Å². The van der Waals surface area contributed by atoms with E-state index in [-0.39, 0.29) is 0 Å². The van der Waals surface area contributed by atoms with Crippen LogP contribution >= 0.6 is 8.60 Å². The van der Waals surface area contributed by atoms with Gasteiger partial charge in [-0.15, -0.1) is 0 Å². The molecule has 3 N–H and O–H groups in total. The number of unbranched alkanes of at least 4 members (excludes halogenated alkanes) is 2. The first-order valence-corrected chi connectivity index (χ1v) is 11.3. The Morgan fingerprint density at radius 1 is 0.963 bits per heavy atom. The third-order valence-electron chi connectivity index (χ3n) is 3.89. The average molecular weight is 400 g/mol. The number of nitrogens with two attached hydrogens (primary N) is 1. The van der Waals surface area contributed by atoms with Gasteiger partial charge in [0.2, 0.25) is 0 Å². The van der Waals surface area contributed by atoms with E-state index < -0.39 is 8.60 Å². The van der Waals surface area contributed by atoms with Gasteiger partial charge in [0.25, 0.3) is 0 Å². The van der Waals surface area contributed by atoms with Crippen LogP contribution in [-0.2, 0) is 20.4 Å². The van der Waals surface area contributed by atoms with Gasteiger partial charge in [0, 0.05) is 19.4 Å². The van der Waals surface area contributed by atoms with Gasteiger partial charge in [0.1, 0.15) is 5.78 Å². The van der Waals surface area contributed by atoms with Crippen LogP contribution < -0.4 is 5.73 Å². The van der Waals surface area contributed by atoms with Crippen LogP contribution in [0.2, 0.25) is 0 Å². The van der Waals surface area contributed by atoms with E-state index >= 15 is 0 Å². The van der Waals surface area contributed by atoms with Crippen molar-refractivity contribution >= 4 is 14.4 Å². The molecule has 0 amide bonds. The topological polar surface area (TPSA) is 81.8 Å². The van der Waals surface area contributed by atoms with Gasteiger partial charge >= 0.3 is 8.60 Å². The summed E-state index contributed by atoms with van der Waals surface area (Å²) in [6, 6.07) is 9.99. The molecule has 1 aromatic rings. The second-order valence-electron chi connectivity index (χ2n) is 6.40. The van der Waals surface area contributed by atoms with Crippen LogP contribution in [0.15, 0.2) is 30.3 Å². The molecule has 0 spiro atoms. The lowest BCUT2D eigenvalue weighted by molar-refractivity contribution is -0.120. The fourth-order valence-corrected chi connectivity index (χ4v) is 2.82. The SMILES string of the molecule is CCCCOP(O)OCCCC.NCc1ccccc1.O=C1CCCCC1. The number of rotatable bonds is 9. The highest BCUT2D eigenvalue weighted by molar-refractivity contribution is 7.40. The molecule has 1 fully saturated rings. The molecule has 0 heterocycles. The molecule has 27 heavy (non-hydrogen) atoms. The van der Waals surface area contributed by atoms with E-state index in [9.17, 15) is 4.79 Å². The number of ketones is 1. The molecule has 1 saturated carbocycles. The zero-order valence-corrected chi connectivity index (χ0v) is 18.0. The summed E-state index contributed by atoms with van der Waals surface area (Å²) in [5.74, 6) is 0.464. The first-order chi connectivity index (χ1) is 13.1. The Morgan fingerprint density at radius 2 is 1.48 bits per heavy atom. The average Bonchev–Trinajstić information content (AvgIpc) is 2.71. The lowest BCUT2D eigenvalue weighted by Gasteiger charge is -2.09. The third-order valence-corrected chi connectivity index (χ3v) is 4.70. The van der Waals surface area contributed by atoms with Gasteiger partial charge in [-0.05, 0) is 31.2 Å². The molecule has 0 aromatic heterocycles. The molecular formula is C21H38NO4P. The Morgan fingerprint density at radius 3 is 1.81 bits per heavy atom. The van der Waals surface area contributed by atoms with Crippen molar-refractivity contribution in [3.8, 4) is 0 Å². The van der Waals surface area contributed by atoms with Crippen molar-refractivity contribution in [3.63, 3.8) is 0 Å². The largest absolute Gasteiger partial charge is 0.329 e. The normalized spacial score (nSPS) is 13.4. The molecule has 0 radical (unpaired) electrons. The van der Waals surface area contributed by atoms with Crippen molar-refractivity contribution in [2.24, 2.45) is 5.73 Å². The second-order valence-corrected chi connectivity index (χ2v) is 7.39. The first kappa shape index (κ1) is 26.2. The van der Waals surface area contributed by atoms with E-state index in [2.05, 4.69) is 13.8 Å². The molecule has 6 heteroatoms. The number of Topliss-reactive ketones (excluding diaryl/α,β-unsaturated/α-hetero) is 1. The third kappa shape index (κ3) is 18.3. The Hall–Kier alpha value is -0.840. The van der Waals surface area contributed by atoms with Crippen molar-refractivity contribution in [1.29, 1.82) is 0 Å². The van der Waals surface area contributed by atoms with Gasteiger partial charge in [-0.2, -0.15) is 0 Å². The van der Waals surface area contributed by atoms with Crippen molar-refractivity contribution in [2.75, 3.05) is 13.2 Å². The lowest BCUT2D eigenvalue weighted by Crippen LogP contribution is -2.02. The van der Waals surface area contributed by atoms with Crippen LogP contribution in [0.3, 0.4) is 0 Å². The minimum Gasteiger partial charge on any atom is -0.328 e. The van der Waals surface area contributed by atoms with E-state index in [1.165, 1.54) is 12.0 Å². The van der Waals surface area contributed by atoms with E-state index in [0.717, 1.165) is 51.4 Å². The monoisotopic (exact) mass is 399 g/mol. The fraction of sp³-hybridized carbons (Fsp3) is 0.667. The maximum absolute atomic E-state index is 10.5. The maximum Gasteiger partial charge on any atom is 0.329 e. The summed E-state index contributed by atoms with van der Waals surface area (Å²) in [4.78, 5) is 19.6. The zero-order chi connectivity index (χ0) is 20.2. The summed E-state index contributed by atoms with van der Waals surface area (Å²) in [6.07, 6.45) is 9.37. The highest BCUT2D eigenvalue weighted by Crippen LogP contribution is 2.32. The van der Waals surface area contributed by atoms with E-state index in [1.54, 1.807) is 0 Å². The van der Waals surface area contributed by atoms with Crippen molar-refractivity contribution in [1.82, 2.24) is 0 Å². The molecule has 1 aromatic carbocycles. The van der Waals surface area contributed by atoms with Crippen molar-refractivity contribution in [2.45, 2.75) is 78.2 Å². The highest BCUT2D eigenvalue weighted by Gasteiger charge is 2.06. The first-order valence-electron chi connectivity index (χ1n) is 10.1. The molecule has 156 valence electrons. The Kier molecular flexibility index (Phi) is 19.3. The zero-order valence-electron chi connectivity index (χ0n) is 17.1. The van der Waals surface area contributed by atoms with Crippen LogP contribution in [-0.4, -0.2) is 23.9 Å². The summed E-state index contributed by atoms with van der Waals surface area (Å²) >= 11 is 0. The van der Waals surface area contributed by atoms with Gasteiger partial charge in [-0.1, -0.05) is 63.4 Å². The number of carbonyl (C=O) groups excluding carboxylic acids is 1. The highest BCUT2D eigenvalue weighted by atomic mass is 31.2. The van der Waals surface area contributed by atoms with Gasteiger partial charge in [-0.25, -0.2) is 0 Å². The van der Waals surface area contributed by atoms with Crippen LogP contribution in [0, 0.1) is 0 Å². The fourth-order valence-electron chi connectivity index (χ4n) is 2.17. The predicted molar refractivity (Wildman–Crippen MR) is 113 cm³/mol. The number of hydrogen-bond acceptors (Lipinski definition) is 5. The Bertz CT molecular complexity index is 427. The summed E-state index contributed by atoms with van der Waals surface area (Å²) < 4.78 is 10.1. The lowest BCUT2D eigenvalue weighted by atomic mass is 10.00. The standard InChI is InChI=1S/C8H19O3P.C7H9N.C6H10O/c1-3-5-7-10-12(9)11-8-6-4-2;8-6-7-4-2-1-3-5-7;7-6-4-2-1-3-5-6/h9H,3-8H2,1-2H3;1-5H,6,8H2;1-5H2. The van der Waals surface area contributed by atoms with Crippen molar-refractivity contribution in [3.05, 3.63) is 35.9 Å². The molecule has 1 aliphatic rings.